The van der Waals surface area contributed by atoms with E-state index in [1.807, 2.05) is 6.92 Å². The maximum absolute atomic E-state index is 12.0. The van der Waals surface area contributed by atoms with Crippen LogP contribution in [0.1, 0.15) is 39.5 Å². The van der Waals surface area contributed by atoms with E-state index in [4.69, 9.17) is 9.47 Å². The molecule has 1 aromatic carbocycles. The molecular weight excluding hydrogens is 228 g/mol. The lowest BCUT2D eigenvalue weighted by molar-refractivity contribution is -0.139. The molecule has 3 nitrogen and oxygen atoms in total. The highest BCUT2D eigenvalue weighted by Crippen LogP contribution is 2.20. The zero-order valence-electron chi connectivity index (χ0n) is 11.4. The highest BCUT2D eigenvalue weighted by atomic mass is 16.5. The summed E-state index contributed by atoms with van der Waals surface area (Å²) in [5.41, 5.74) is 0. The molecule has 1 atom stereocenters. The molecule has 1 aromatic rings. The third kappa shape index (κ3) is 4.40. The minimum atomic E-state index is -0.129. The van der Waals surface area contributed by atoms with Crippen LogP contribution in [0, 0.1) is 5.92 Å². The SMILES string of the molecule is CCCC[C@H](CC)C(=O)Oc1ccc(OC)cc1. The van der Waals surface area contributed by atoms with Crippen LogP contribution in [0.5, 0.6) is 11.5 Å². The fourth-order valence-corrected chi connectivity index (χ4v) is 1.78. The monoisotopic (exact) mass is 250 g/mol. The largest absolute Gasteiger partial charge is 0.497 e. The number of methoxy groups -OCH3 is 1. The first-order valence-corrected chi connectivity index (χ1v) is 6.57. The van der Waals surface area contributed by atoms with Crippen molar-refractivity contribution in [2.75, 3.05) is 7.11 Å². The summed E-state index contributed by atoms with van der Waals surface area (Å²) in [6.45, 7) is 4.15. The molecule has 1 rings (SSSR count). The second kappa shape index (κ2) is 7.75. The molecular formula is C15H22O3. The van der Waals surface area contributed by atoms with E-state index in [0.717, 1.165) is 31.4 Å². The first-order chi connectivity index (χ1) is 8.71. The zero-order chi connectivity index (χ0) is 13.4. The molecule has 100 valence electrons. The number of esters is 1. The summed E-state index contributed by atoms with van der Waals surface area (Å²) in [6.07, 6.45) is 3.90. The summed E-state index contributed by atoms with van der Waals surface area (Å²) >= 11 is 0. The normalized spacial score (nSPS) is 11.9. The molecule has 0 aliphatic rings. The molecule has 0 aromatic heterocycles. The fourth-order valence-electron chi connectivity index (χ4n) is 1.78. The maximum Gasteiger partial charge on any atom is 0.314 e. The molecule has 0 saturated heterocycles. The lowest BCUT2D eigenvalue weighted by Crippen LogP contribution is -2.19. The molecule has 0 N–H and O–H groups in total. The summed E-state index contributed by atoms with van der Waals surface area (Å²) in [7, 11) is 1.61. The van der Waals surface area contributed by atoms with Crippen LogP contribution in [0.4, 0.5) is 0 Å². The molecule has 0 radical (unpaired) electrons. The smallest absolute Gasteiger partial charge is 0.314 e. The van der Waals surface area contributed by atoms with Crippen molar-refractivity contribution in [2.24, 2.45) is 5.92 Å². The van der Waals surface area contributed by atoms with Gasteiger partial charge in [0, 0.05) is 0 Å². The average Bonchev–Trinajstić information content (AvgIpc) is 2.40. The van der Waals surface area contributed by atoms with Gasteiger partial charge in [0.15, 0.2) is 0 Å². The van der Waals surface area contributed by atoms with Gasteiger partial charge in [-0.2, -0.15) is 0 Å². The quantitative estimate of drug-likeness (QED) is 0.545. The minimum Gasteiger partial charge on any atom is -0.497 e. The van der Waals surface area contributed by atoms with Crippen molar-refractivity contribution in [3.8, 4) is 11.5 Å². The Morgan fingerprint density at radius 2 is 1.78 bits per heavy atom. The predicted molar refractivity (Wildman–Crippen MR) is 71.9 cm³/mol. The van der Waals surface area contributed by atoms with Crippen molar-refractivity contribution in [3.63, 3.8) is 0 Å². The van der Waals surface area contributed by atoms with Crippen LogP contribution >= 0.6 is 0 Å². The van der Waals surface area contributed by atoms with Crippen molar-refractivity contribution in [3.05, 3.63) is 24.3 Å². The maximum atomic E-state index is 12.0. The highest BCUT2D eigenvalue weighted by molar-refractivity contribution is 5.75. The molecule has 0 fully saturated rings. The first kappa shape index (κ1) is 14.6. The number of ether oxygens (including phenoxy) is 2. The van der Waals surface area contributed by atoms with Crippen LogP contribution in [0.2, 0.25) is 0 Å². The van der Waals surface area contributed by atoms with Gasteiger partial charge >= 0.3 is 5.97 Å². The predicted octanol–water partition coefficient (Wildman–Crippen LogP) is 3.82. The van der Waals surface area contributed by atoms with Crippen LogP contribution in [-0.4, -0.2) is 13.1 Å². The Kier molecular flexibility index (Phi) is 6.26. The summed E-state index contributed by atoms with van der Waals surface area (Å²) in [4.78, 5) is 12.0. The topological polar surface area (TPSA) is 35.5 Å². The molecule has 0 spiro atoms. The number of rotatable bonds is 7. The van der Waals surface area contributed by atoms with E-state index in [9.17, 15) is 4.79 Å². The first-order valence-electron chi connectivity index (χ1n) is 6.57. The average molecular weight is 250 g/mol. The summed E-state index contributed by atoms with van der Waals surface area (Å²) in [5, 5.41) is 0. The third-order valence-electron chi connectivity index (χ3n) is 3.01. The molecule has 3 heteroatoms. The lowest BCUT2D eigenvalue weighted by Gasteiger charge is -2.13. The van der Waals surface area contributed by atoms with Gasteiger partial charge in [-0.1, -0.05) is 26.7 Å². The van der Waals surface area contributed by atoms with E-state index in [0.29, 0.717) is 5.75 Å². The lowest BCUT2D eigenvalue weighted by atomic mass is 10.00. The number of carbonyl (C=O) groups is 1. The van der Waals surface area contributed by atoms with Gasteiger partial charge in [0.05, 0.1) is 13.0 Å². The Bertz CT molecular complexity index is 357. The van der Waals surface area contributed by atoms with Crippen LogP contribution < -0.4 is 9.47 Å². The Morgan fingerprint density at radius 3 is 2.28 bits per heavy atom. The van der Waals surface area contributed by atoms with E-state index in [1.165, 1.54) is 0 Å². The number of carbonyl (C=O) groups excluding carboxylic acids is 1. The van der Waals surface area contributed by atoms with Crippen molar-refractivity contribution >= 4 is 5.97 Å². The molecule has 0 unspecified atom stereocenters. The summed E-state index contributed by atoms with van der Waals surface area (Å²) in [6, 6.07) is 7.08. The van der Waals surface area contributed by atoms with Crippen molar-refractivity contribution in [1.82, 2.24) is 0 Å². The van der Waals surface area contributed by atoms with E-state index in [2.05, 4.69) is 6.92 Å². The van der Waals surface area contributed by atoms with Crippen molar-refractivity contribution < 1.29 is 14.3 Å². The molecule has 0 heterocycles. The Morgan fingerprint density at radius 1 is 1.17 bits per heavy atom. The van der Waals surface area contributed by atoms with Crippen molar-refractivity contribution in [1.29, 1.82) is 0 Å². The molecule has 0 bridgehead atoms. The van der Waals surface area contributed by atoms with Crippen LogP contribution in [0.3, 0.4) is 0 Å². The zero-order valence-corrected chi connectivity index (χ0v) is 11.4. The number of hydrogen-bond donors (Lipinski definition) is 0. The number of unbranched alkanes of at least 4 members (excludes halogenated alkanes) is 1. The van der Waals surface area contributed by atoms with E-state index in [-0.39, 0.29) is 11.9 Å². The van der Waals surface area contributed by atoms with Crippen LogP contribution in [0.15, 0.2) is 24.3 Å². The Balaban J connectivity index is 2.55. The van der Waals surface area contributed by atoms with Gasteiger partial charge in [-0.25, -0.2) is 0 Å². The fraction of sp³-hybridized carbons (Fsp3) is 0.533. The Hall–Kier alpha value is -1.51. The van der Waals surface area contributed by atoms with E-state index in [1.54, 1.807) is 31.4 Å². The molecule has 0 aliphatic carbocycles. The van der Waals surface area contributed by atoms with Gasteiger partial charge < -0.3 is 9.47 Å². The van der Waals surface area contributed by atoms with E-state index < -0.39 is 0 Å². The van der Waals surface area contributed by atoms with E-state index >= 15 is 0 Å². The number of benzene rings is 1. The van der Waals surface area contributed by atoms with Crippen LogP contribution in [-0.2, 0) is 4.79 Å². The third-order valence-corrected chi connectivity index (χ3v) is 3.01. The standard InChI is InChI=1S/C15H22O3/c1-4-6-7-12(5-2)15(16)18-14-10-8-13(17-3)9-11-14/h8-12H,4-7H2,1-3H3/t12-/m0/s1. The van der Waals surface area contributed by atoms with Gasteiger partial charge in [0.2, 0.25) is 0 Å². The molecule has 0 saturated carbocycles. The minimum absolute atomic E-state index is 0.00653. The molecule has 0 aliphatic heterocycles. The van der Waals surface area contributed by atoms with Gasteiger partial charge in [0.1, 0.15) is 11.5 Å². The molecule has 0 amide bonds. The molecule has 18 heavy (non-hydrogen) atoms. The highest BCUT2D eigenvalue weighted by Gasteiger charge is 2.17. The van der Waals surface area contributed by atoms with Gasteiger partial charge in [-0.15, -0.1) is 0 Å². The second-order valence-electron chi connectivity index (χ2n) is 4.34. The summed E-state index contributed by atoms with van der Waals surface area (Å²) < 4.78 is 10.4. The van der Waals surface area contributed by atoms with Crippen molar-refractivity contribution in [2.45, 2.75) is 39.5 Å². The second-order valence-corrected chi connectivity index (χ2v) is 4.34. The summed E-state index contributed by atoms with van der Waals surface area (Å²) in [5.74, 6) is 1.21. The van der Waals surface area contributed by atoms with Gasteiger partial charge in [0.25, 0.3) is 0 Å². The van der Waals surface area contributed by atoms with Gasteiger partial charge in [-0.3, -0.25) is 4.79 Å². The number of hydrogen-bond acceptors (Lipinski definition) is 3. The Labute approximate surface area is 109 Å². The van der Waals surface area contributed by atoms with Gasteiger partial charge in [-0.05, 0) is 37.1 Å². The van der Waals surface area contributed by atoms with Crippen LogP contribution in [0.25, 0.3) is 0 Å².